The van der Waals surface area contributed by atoms with Crippen LogP contribution in [-0.2, 0) is 15.9 Å². The topological polar surface area (TPSA) is 18.5 Å². The standard InChI is InChI=1S/C14H20BO2/c1-15-8-3-2-5-12-6-4-7-13(11-12)14-16-9-10-17-14/h4,6-7,11,14H,2-3,5,8-10H2,1H3. The minimum atomic E-state index is -0.140. The Morgan fingerprint density at radius 2 is 2.06 bits per heavy atom. The van der Waals surface area contributed by atoms with Crippen LogP contribution in [0.1, 0.15) is 30.3 Å². The number of aryl methyl sites for hydroxylation is 1. The van der Waals surface area contributed by atoms with Crippen molar-refractivity contribution in [3.63, 3.8) is 0 Å². The van der Waals surface area contributed by atoms with Crippen molar-refractivity contribution in [2.45, 2.75) is 38.7 Å². The van der Waals surface area contributed by atoms with Crippen molar-refractivity contribution in [2.75, 3.05) is 13.2 Å². The number of ether oxygens (including phenoxy) is 2. The summed E-state index contributed by atoms with van der Waals surface area (Å²) in [6, 6.07) is 8.58. The second-order valence-corrected chi connectivity index (χ2v) is 4.47. The molecule has 2 rings (SSSR count). The zero-order chi connectivity index (χ0) is 11.9. The van der Waals surface area contributed by atoms with E-state index in [1.165, 1.54) is 24.7 Å². The summed E-state index contributed by atoms with van der Waals surface area (Å²) in [7, 11) is 2.23. The Morgan fingerprint density at radius 3 is 2.82 bits per heavy atom. The number of benzene rings is 1. The summed E-state index contributed by atoms with van der Waals surface area (Å²) in [6.45, 7) is 3.54. The van der Waals surface area contributed by atoms with Crippen molar-refractivity contribution < 1.29 is 9.47 Å². The van der Waals surface area contributed by atoms with Crippen LogP contribution in [-0.4, -0.2) is 20.5 Å². The molecule has 0 aliphatic carbocycles. The van der Waals surface area contributed by atoms with Gasteiger partial charge in [-0.15, -0.1) is 0 Å². The summed E-state index contributed by atoms with van der Waals surface area (Å²) in [5.41, 5.74) is 2.54. The largest absolute Gasteiger partial charge is 0.346 e. The van der Waals surface area contributed by atoms with Crippen molar-refractivity contribution in [3.8, 4) is 0 Å². The fraction of sp³-hybridized carbons (Fsp3) is 0.571. The molecule has 17 heavy (non-hydrogen) atoms. The Labute approximate surface area is 105 Å². The van der Waals surface area contributed by atoms with E-state index in [0.29, 0.717) is 13.2 Å². The summed E-state index contributed by atoms with van der Waals surface area (Å²) in [6.07, 6.45) is 4.75. The van der Waals surface area contributed by atoms with Gasteiger partial charge in [-0.05, 0) is 18.4 Å². The molecule has 0 aromatic heterocycles. The molecule has 2 nitrogen and oxygen atoms in total. The van der Waals surface area contributed by atoms with Crippen LogP contribution in [0.25, 0.3) is 0 Å². The van der Waals surface area contributed by atoms with Crippen LogP contribution in [0.2, 0.25) is 13.1 Å². The minimum Gasteiger partial charge on any atom is -0.346 e. The van der Waals surface area contributed by atoms with E-state index in [1.54, 1.807) is 0 Å². The first-order chi connectivity index (χ1) is 8.40. The number of rotatable bonds is 6. The van der Waals surface area contributed by atoms with Crippen LogP contribution < -0.4 is 0 Å². The maximum Gasteiger partial charge on any atom is 0.184 e. The fourth-order valence-corrected chi connectivity index (χ4v) is 2.12. The van der Waals surface area contributed by atoms with Crippen molar-refractivity contribution in [1.29, 1.82) is 0 Å². The molecule has 91 valence electrons. The molecule has 0 spiro atoms. The van der Waals surface area contributed by atoms with Crippen LogP contribution in [0.4, 0.5) is 0 Å². The first kappa shape index (κ1) is 12.7. The minimum absolute atomic E-state index is 0.140. The molecule has 1 aliphatic rings. The molecule has 0 bridgehead atoms. The van der Waals surface area contributed by atoms with Crippen LogP contribution >= 0.6 is 0 Å². The predicted molar refractivity (Wildman–Crippen MR) is 70.5 cm³/mol. The van der Waals surface area contributed by atoms with Crippen molar-refractivity contribution in [3.05, 3.63) is 35.4 Å². The van der Waals surface area contributed by atoms with Crippen molar-refractivity contribution >= 4 is 7.28 Å². The summed E-state index contributed by atoms with van der Waals surface area (Å²) in [4.78, 5) is 0. The lowest BCUT2D eigenvalue weighted by molar-refractivity contribution is -0.0441. The van der Waals surface area contributed by atoms with Crippen LogP contribution in [0.15, 0.2) is 24.3 Å². The van der Waals surface area contributed by atoms with Gasteiger partial charge in [-0.25, -0.2) is 0 Å². The van der Waals surface area contributed by atoms with Gasteiger partial charge in [-0.1, -0.05) is 43.8 Å². The number of unbranched alkanes of at least 4 members (excludes halogenated alkanes) is 1. The van der Waals surface area contributed by atoms with E-state index in [2.05, 4.69) is 38.4 Å². The van der Waals surface area contributed by atoms with Gasteiger partial charge < -0.3 is 9.47 Å². The summed E-state index contributed by atoms with van der Waals surface area (Å²) < 4.78 is 11.0. The smallest absolute Gasteiger partial charge is 0.184 e. The molecule has 1 saturated heterocycles. The van der Waals surface area contributed by atoms with E-state index in [9.17, 15) is 0 Å². The third-order valence-electron chi connectivity index (χ3n) is 3.05. The van der Waals surface area contributed by atoms with Crippen molar-refractivity contribution in [2.24, 2.45) is 0 Å². The van der Waals surface area contributed by atoms with Gasteiger partial charge in [0.15, 0.2) is 6.29 Å². The summed E-state index contributed by atoms with van der Waals surface area (Å²) in [5.74, 6) is 0. The highest BCUT2D eigenvalue weighted by atomic mass is 16.7. The van der Waals surface area contributed by atoms with Crippen LogP contribution in [0.5, 0.6) is 0 Å². The molecule has 0 amide bonds. The van der Waals surface area contributed by atoms with Gasteiger partial charge in [0.2, 0.25) is 0 Å². The van der Waals surface area contributed by atoms with Gasteiger partial charge in [0, 0.05) is 5.56 Å². The predicted octanol–water partition coefficient (Wildman–Crippen LogP) is 3.23. The summed E-state index contributed by atoms with van der Waals surface area (Å²) in [5, 5.41) is 0. The summed E-state index contributed by atoms with van der Waals surface area (Å²) >= 11 is 0. The highest BCUT2D eigenvalue weighted by Gasteiger charge is 2.17. The van der Waals surface area contributed by atoms with Gasteiger partial charge in [0.05, 0.1) is 13.2 Å². The second-order valence-electron chi connectivity index (χ2n) is 4.47. The van der Waals surface area contributed by atoms with Gasteiger partial charge >= 0.3 is 0 Å². The molecule has 0 atom stereocenters. The lowest BCUT2D eigenvalue weighted by atomic mass is 9.76. The van der Waals surface area contributed by atoms with Gasteiger partial charge in [0.25, 0.3) is 0 Å². The zero-order valence-electron chi connectivity index (χ0n) is 10.5. The van der Waals surface area contributed by atoms with Gasteiger partial charge in [-0.2, -0.15) is 0 Å². The Hall–Kier alpha value is -0.795. The second kappa shape index (κ2) is 6.82. The van der Waals surface area contributed by atoms with Crippen LogP contribution in [0, 0.1) is 0 Å². The van der Waals surface area contributed by atoms with E-state index in [0.717, 1.165) is 12.0 Å². The third-order valence-corrected chi connectivity index (χ3v) is 3.05. The first-order valence-corrected chi connectivity index (χ1v) is 6.50. The normalized spacial score (nSPS) is 16.3. The maximum atomic E-state index is 5.51. The molecular weight excluding hydrogens is 211 g/mol. The molecule has 3 heteroatoms. The molecular formula is C14H20BO2. The SMILES string of the molecule is C[B]CCCCc1cccc(C2OCCO2)c1. The van der Waals surface area contributed by atoms with Crippen molar-refractivity contribution in [1.82, 2.24) is 0 Å². The molecule has 1 aromatic carbocycles. The van der Waals surface area contributed by atoms with Crippen LogP contribution in [0.3, 0.4) is 0 Å². The van der Waals surface area contributed by atoms with E-state index < -0.39 is 0 Å². The van der Waals surface area contributed by atoms with E-state index in [4.69, 9.17) is 9.47 Å². The van der Waals surface area contributed by atoms with E-state index >= 15 is 0 Å². The number of hydrogen-bond acceptors (Lipinski definition) is 2. The molecule has 0 N–H and O–H groups in total. The first-order valence-electron chi connectivity index (χ1n) is 6.50. The maximum absolute atomic E-state index is 5.51. The van der Waals surface area contributed by atoms with Gasteiger partial charge in [-0.3, -0.25) is 0 Å². The quantitative estimate of drug-likeness (QED) is 0.552. The lowest BCUT2D eigenvalue weighted by Gasteiger charge is -2.10. The third kappa shape index (κ3) is 3.86. The molecule has 1 radical (unpaired) electrons. The Kier molecular flexibility index (Phi) is 5.08. The molecule has 0 unspecified atom stereocenters. The average molecular weight is 231 g/mol. The van der Waals surface area contributed by atoms with E-state index in [-0.39, 0.29) is 6.29 Å². The highest BCUT2D eigenvalue weighted by Crippen LogP contribution is 2.24. The highest BCUT2D eigenvalue weighted by molar-refractivity contribution is 6.33. The zero-order valence-corrected chi connectivity index (χ0v) is 10.5. The fourth-order valence-electron chi connectivity index (χ4n) is 2.12. The number of hydrogen-bond donors (Lipinski definition) is 0. The van der Waals surface area contributed by atoms with E-state index in [1.807, 2.05) is 0 Å². The average Bonchev–Trinajstić information content (AvgIpc) is 2.89. The lowest BCUT2D eigenvalue weighted by Crippen LogP contribution is -1.99. The Bertz CT molecular complexity index is 335. The Balaban J connectivity index is 1.87. The Morgan fingerprint density at radius 1 is 1.24 bits per heavy atom. The molecule has 1 aromatic rings. The molecule has 1 heterocycles. The monoisotopic (exact) mass is 231 g/mol. The van der Waals surface area contributed by atoms with Gasteiger partial charge in [0.1, 0.15) is 7.28 Å². The molecule has 0 saturated carbocycles. The molecule has 1 aliphatic heterocycles. The molecule has 1 fully saturated rings.